The van der Waals surface area contributed by atoms with Gasteiger partial charge in [0.25, 0.3) is 5.56 Å². The first-order valence-electron chi connectivity index (χ1n) is 10.3. The maximum absolute atomic E-state index is 12.8. The monoisotopic (exact) mass is 389 g/mol. The van der Waals surface area contributed by atoms with Crippen molar-refractivity contribution in [2.45, 2.75) is 38.8 Å². The Kier molecular flexibility index (Phi) is 5.76. The second-order valence-corrected chi connectivity index (χ2v) is 7.87. The largest absolute Gasteiger partial charge is 0.354 e. The highest BCUT2D eigenvalue weighted by molar-refractivity contribution is 5.82. The van der Waals surface area contributed by atoms with Crippen molar-refractivity contribution in [2.75, 3.05) is 13.1 Å². The molecule has 0 bridgehead atoms. The number of likely N-dealkylation sites (tertiary alicyclic amines) is 1. The number of fused-ring (bicyclic) bond motifs is 1. The van der Waals surface area contributed by atoms with E-state index in [2.05, 4.69) is 46.4 Å². The minimum atomic E-state index is -0.0922. The first-order chi connectivity index (χ1) is 14.1. The molecule has 1 saturated heterocycles. The topological polar surface area (TPSA) is 65.2 Å². The molecule has 2 heterocycles. The van der Waals surface area contributed by atoms with Crippen molar-refractivity contribution in [3.05, 3.63) is 81.6 Å². The van der Waals surface area contributed by atoms with Gasteiger partial charge in [-0.1, -0.05) is 48.0 Å². The van der Waals surface area contributed by atoms with Gasteiger partial charge in [-0.15, -0.1) is 0 Å². The van der Waals surface area contributed by atoms with Crippen molar-refractivity contribution >= 4 is 16.8 Å². The number of carbonyl (C=O) groups excluding carboxylic acids is 1. The molecule has 1 atom stereocenters. The average Bonchev–Trinajstić information content (AvgIpc) is 3.16. The molecule has 1 aromatic heterocycles. The Morgan fingerprint density at radius 1 is 1.17 bits per heavy atom. The zero-order valence-corrected chi connectivity index (χ0v) is 16.8. The number of aromatic nitrogens is 1. The summed E-state index contributed by atoms with van der Waals surface area (Å²) >= 11 is 0. The normalized spacial score (nSPS) is 16.9. The van der Waals surface area contributed by atoms with Gasteiger partial charge in [-0.2, -0.15) is 0 Å². The van der Waals surface area contributed by atoms with Gasteiger partial charge in [0.2, 0.25) is 5.91 Å². The number of rotatable bonds is 6. The number of hydrogen-bond donors (Lipinski definition) is 2. The SMILES string of the molecule is Cc1cccc(CN2CCCC2C(=O)NCCc2cc3ccccc3[nH]c2=O)c1. The van der Waals surface area contributed by atoms with E-state index in [9.17, 15) is 9.59 Å². The number of nitrogens with zero attached hydrogens (tertiary/aromatic N) is 1. The van der Waals surface area contributed by atoms with Crippen LogP contribution in [0.25, 0.3) is 10.9 Å². The Morgan fingerprint density at radius 3 is 2.90 bits per heavy atom. The molecule has 3 aromatic rings. The van der Waals surface area contributed by atoms with Gasteiger partial charge in [0, 0.05) is 24.2 Å². The first-order valence-corrected chi connectivity index (χ1v) is 10.3. The Morgan fingerprint density at radius 2 is 2.03 bits per heavy atom. The summed E-state index contributed by atoms with van der Waals surface area (Å²) < 4.78 is 0. The van der Waals surface area contributed by atoms with Crippen molar-refractivity contribution < 1.29 is 4.79 Å². The minimum absolute atomic E-state index is 0.0624. The number of carbonyl (C=O) groups is 1. The van der Waals surface area contributed by atoms with Crippen LogP contribution in [-0.4, -0.2) is 34.9 Å². The molecule has 1 unspecified atom stereocenters. The lowest BCUT2D eigenvalue weighted by Gasteiger charge is -2.24. The summed E-state index contributed by atoms with van der Waals surface area (Å²) in [6.45, 7) is 4.29. The van der Waals surface area contributed by atoms with E-state index in [0.717, 1.165) is 36.8 Å². The molecule has 1 amide bonds. The summed E-state index contributed by atoms with van der Waals surface area (Å²) in [5, 5.41) is 4.05. The third-order valence-corrected chi connectivity index (χ3v) is 5.66. The lowest BCUT2D eigenvalue weighted by Crippen LogP contribution is -2.43. The van der Waals surface area contributed by atoms with Gasteiger partial charge in [-0.3, -0.25) is 14.5 Å². The predicted octanol–water partition coefficient (Wildman–Crippen LogP) is 3.16. The molecule has 1 fully saturated rings. The van der Waals surface area contributed by atoms with Gasteiger partial charge in [0.1, 0.15) is 0 Å². The van der Waals surface area contributed by atoms with Crippen LogP contribution in [-0.2, 0) is 17.8 Å². The molecule has 150 valence electrons. The van der Waals surface area contributed by atoms with Crippen molar-refractivity contribution in [2.24, 2.45) is 0 Å². The molecule has 2 aromatic carbocycles. The highest BCUT2D eigenvalue weighted by atomic mass is 16.2. The van der Waals surface area contributed by atoms with Crippen LogP contribution in [0.5, 0.6) is 0 Å². The molecule has 5 nitrogen and oxygen atoms in total. The van der Waals surface area contributed by atoms with Crippen LogP contribution in [0.2, 0.25) is 0 Å². The lowest BCUT2D eigenvalue weighted by atomic mass is 10.1. The molecule has 4 rings (SSSR count). The van der Waals surface area contributed by atoms with E-state index in [1.807, 2.05) is 30.3 Å². The van der Waals surface area contributed by atoms with Gasteiger partial charge in [-0.25, -0.2) is 0 Å². The molecule has 0 radical (unpaired) electrons. The summed E-state index contributed by atoms with van der Waals surface area (Å²) in [5.41, 5.74) is 3.94. The zero-order valence-electron chi connectivity index (χ0n) is 16.8. The van der Waals surface area contributed by atoms with Crippen molar-refractivity contribution in [3.8, 4) is 0 Å². The highest BCUT2D eigenvalue weighted by Crippen LogP contribution is 2.20. The lowest BCUT2D eigenvalue weighted by molar-refractivity contribution is -0.125. The van der Waals surface area contributed by atoms with Crippen molar-refractivity contribution in [1.29, 1.82) is 0 Å². The third-order valence-electron chi connectivity index (χ3n) is 5.66. The first kappa shape index (κ1) is 19.4. The smallest absolute Gasteiger partial charge is 0.251 e. The van der Waals surface area contributed by atoms with Crippen LogP contribution in [0.15, 0.2) is 59.4 Å². The molecule has 0 aliphatic carbocycles. The number of H-pyrrole nitrogens is 1. The van der Waals surface area contributed by atoms with Gasteiger partial charge in [-0.05, 0) is 55.8 Å². The Hall–Kier alpha value is -2.92. The molecule has 1 aliphatic heterocycles. The molecule has 1 aliphatic rings. The number of amides is 1. The predicted molar refractivity (Wildman–Crippen MR) is 116 cm³/mol. The number of pyridine rings is 1. The summed E-state index contributed by atoms with van der Waals surface area (Å²) in [6.07, 6.45) is 2.44. The second kappa shape index (κ2) is 8.62. The molecule has 0 saturated carbocycles. The molecule has 29 heavy (non-hydrogen) atoms. The number of hydrogen-bond acceptors (Lipinski definition) is 3. The van der Waals surface area contributed by atoms with E-state index in [4.69, 9.17) is 0 Å². The van der Waals surface area contributed by atoms with E-state index < -0.39 is 0 Å². The second-order valence-electron chi connectivity index (χ2n) is 7.87. The van der Waals surface area contributed by atoms with Crippen molar-refractivity contribution in [3.63, 3.8) is 0 Å². The highest BCUT2D eigenvalue weighted by Gasteiger charge is 2.30. The van der Waals surface area contributed by atoms with E-state index in [1.54, 1.807) is 0 Å². The van der Waals surface area contributed by atoms with Crippen LogP contribution < -0.4 is 10.9 Å². The Bertz CT molecular complexity index is 1070. The summed E-state index contributed by atoms with van der Waals surface area (Å²) in [6, 6.07) is 18.0. The van der Waals surface area contributed by atoms with E-state index in [0.29, 0.717) is 18.5 Å². The molecule has 2 N–H and O–H groups in total. The number of benzene rings is 2. The molecular weight excluding hydrogens is 362 g/mol. The van der Waals surface area contributed by atoms with Crippen LogP contribution in [0.3, 0.4) is 0 Å². The quantitative estimate of drug-likeness (QED) is 0.681. The van der Waals surface area contributed by atoms with Gasteiger partial charge in [0.15, 0.2) is 0 Å². The average molecular weight is 389 g/mol. The van der Waals surface area contributed by atoms with Crippen molar-refractivity contribution in [1.82, 2.24) is 15.2 Å². The third kappa shape index (κ3) is 4.57. The summed E-state index contributed by atoms with van der Waals surface area (Å²) in [7, 11) is 0. The van der Waals surface area contributed by atoms with E-state index >= 15 is 0 Å². The molecular formula is C24H27N3O2. The van der Waals surface area contributed by atoms with Crippen LogP contribution in [0, 0.1) is 6.92 Å². The molecule has 5 heteroatoms. The van der Waals surface area contributed by atoms with E-state index in [-0.39, 0.29) is 17.5 Å². The zero-order chi connectivity index (χ0) is 20.2. The standard InChI is InChI=1S/C24H27N3O2/c1-17-6-4-7-18(14-17)16-27-13-5-10-22(27)24(29)25-12-11-20-15-19-8-2-3-9-21(19)26-23(20)28/h2-4,6-9,14-15,22H,5,10-13,16H2,1H3,(H,25,29)(H,26,28). The Balaban J connectivity index is 1.35. The fourth-order valence-corrected chi connectivity index (χ4v) is 4.17. The maximum Gasteiger partial charge on any atom is 0.251 e. The number of nitrogens with one attached hydrogen (secondary N) is 2. The van der Waals surface area contributed by atoms with Crippen LogP contribution in [0.4, 0.5) is 0 Å². The van der Waals surface area contributed by atoms with E-state index in [1.165, 1.54) is 11.1 Å². The number of aryl methyl sites for hydroxylation is 1. The fourth-order valence-electron chi connectivity index (χ4n) is 4.17. The summed E-state index contributed by atoms with van der Waals surface area (Å²) in [4.78, 5) is 30.2. The number of para-hydroxylation sites is 1. The van der Waals surface area contributed by atoms with Gasteiger partial charge in [0.05, 0.1) is 6.04 Å². The van der Waals surface area contributed by atoms with Crippen LogP contribution >= 0.6 is 0 Å². The Labute approximate surface area is 170 Å². The number of aromatic amines is 1. The fraction of sp³-hybridized carbons (Fsp3) is 0.333. The van der Waals surface area contributed by atoms with Gasteiger partial charge >= 0.3 is 0 Å². The van der Waals surface area contributed by atoms with Gasteiger partial charge < -0.3 is 10.3 Å². The van der Waals surface area contributed by atoms with Crippen LogP contribution in [0.1, 0.15) is 29.5 Å². The molecule has 0 spiro atoms. The summed E-state index contributed by atoms with van der Waals surface area (Å²) in [5.74, 6) is 0.0624. The minimum Gasteiger partial charge on any atom is -0.354 e. The maximum atomic E-state index is 12.8.